The van der Waals surface area contributed by atoms with Gasteiger partial charge in [0.2, 0.25) is 0 Å². The van der Waals surface area contributed by atoms with Crippen LogP contribution >= 0.6 is 22.9 Å². The predicted octanol–water partition coefficient (Wildman–Crippen LogP) is 6.01. The zero-order valence-corrected chi connectivity index (χ0v) is 31.1. The molecule has 12 nitrogen and oxygen atoms in total. The first-order valence-electron chi connectivity index (χ1n) is 16.9. The maximum absolute atomic E-state index is 14.5. The van der Waals surface area contributed by atoms with E-state index in [4.69, 9.17) is 35.5 Å². The van der Waals surface area contributed by atoms with Crippen LogP contribution in [0.5, 0.6) is 5.75 Å². The molecule has 2 saturated heterocycles. The van der Waals surface area contributed by atoms with Crippen LogP contribution in [0.2, 0.25) is 5.02 Å². The Kier molecular flexibility index (Phi) is 9.63. The minimum Gasteiger partial charge on any atom is -0.497 e. The number of rotatable bonds is 12. The lowest BCUT2D eigenvalue weighted by molar-refractivity contribution is -0.222. The number of aryl methyl sites for hydroxylation is 1. The predicted molar refractivity (Wildman–Crippen MR) is 198 cm³/mol. The number of hydrogen-bond acceptors (Lipinski definition) is 11. The average molecular weight is 761 g/mol. The molecule has 4 aromatic heterocycles. The van der Waals surface area contributed by atoms with Gasteiger partial charge in [0.15, 0.2) is 11.2 Å². The molecule has 0 unspecified atom stereocenters. The quantitative estimate of drug-likeness (QED) is 0.147. The van der Waals surface area contributed by atoms with Crippen LogP contribution in [0.1, 0.15) is 16.1 Å². The monoisotopic (exact) mass is 760 g/mol. The van der Waals surface area contributed by atoms with Crippen molar-refractivity contribution in [2.75, 3.05) is 53.2 Å². The Hall–Kier alpha value is -4.15. The first-order valence-corrected chi connectivity index (χ1v) is 19.5. The zero-order chi connectivity index (χ0) is 35.9. The molecule has 270 valence electrons. The van der Waals surface area contributed by atoms with Crippen molar-refractivity contribution in [3.05, 3.63) is 101 Å². The van der Waals surface area contributed by atoms with Crippen LogP contribution in [0.25, 0.3) is 32.7 Å². The Labute approximate surface area is 310 Å². The molecule has 2 aliphatic heterocycles. The molecular weight excluding hydrogens is 724 g/mol. The van der Waals surface area contributed by atoms with Gasteiger partial charge in [-0.05, 0) is 42.8 Å². The van der Waals surface area contributed by atoms with Gasteiger partial charge in [-0.2, -0.15) is 5.10 Å². The number of aromatic nitrogens is 5. The lowest BCUT2D eigenvalue weighted by atomic mass is 10.0. The molecule has 0 N–H and O–H groups in total. The van der Waals surface area contributed by atoms with Crippen molar-refractivity contribution in [1.29, 1.82) is 0 Å². The second-order valence-electron chi connectivity index (χ2n) is 12.9. The maximum Gasteiger partial charge on any atom is 0.269 e. The van der Waals surface area contributed by atoms with Gasteiger partial charge < -0.3 is 18.9 Å². The number of pyridine rings is 1. The van der Waals surface area contributed by atoms with Crippen molar-refractivity contribution >= 4 is 44.0 Å². The van der Waals surface area contributed by atoms with E-state index in [1.807, 2.05) is 48.1 Å². The van der Waals surface area contributed by atoms with E-state index >= 15 is 0 Å². The number of morpholine rings is 1. The van der Waals surface area contributed by atoms with Crippen LogP contribution in [-0.4, -0.2) is 90.2 Å². The molecule has 0 aliphatic carbocycles. The highest BCUT2D eigenvalue weighted by Gasteiger charge is 2.45. The van der Waals surface area contributed by atoms with E-state index in [9.17, 15) is 8.42 Å². The summed E-state index contributed by atoms with van der Waals surface area (Å²) in [6, 6.07) is 16.4. The van der Waals surface area contributed by atoms with Crippen LogP contribution in [0.3, 0.4) is 0 Å². The molecule has 0 radical (unpaired) electrons. The van der Waals surface area contributed by atoms with Crippen molar-refractivity contribution in [3.63, 3.8) is 0 Å². The summed E-state index contributed by atoms with van der Waals surface area (Å²) in [5.74, 6) is 0.775. The van der Waals surface area contributed by atoms with Crippen molar-refractivity contribution in [2.45, 2.75) is 30.6 Å². The lowest BCUT2D eigenvalue weighted by Gasteiger charge is -2.39. The first-order chi connectivity index (χ1) is 25.2. The van der Waals surface area contributed by atoms with E-state index in [0.717, 1.165) is 46.4 Å². The molecule has 0 saturated carbocycles. The van der Waals surface area contributed by atoms with Gasteiger partial charge >= 0.3 is 0 Å². The molecule has 0 amide bonds. The Bertz CT molecular complexity index is 2310. The van der Waals surface area contributed by atoms with Crippen molar-refractivity contribution < 1.29 is 27.4 Å². The number of fused-ring (bicyclic) bond motifs is 1. The van der Waals surface area contributed by atoms with Gasteiger partial charge in [0.05, 0.1) is 73.4 Å². The molecule has 2 fully saturated rings. The van der Waals surface area contributed by atoms with Gasteiger partial charge in [-0.1, -0.05) is 41.4 Å². The van der Waals surface area contributed by atoms with Gasteiger partial charge in [-0.25, -0.2) is 22.4 Å². The Morgan fingerprint density at radius 1 is 0.962 bits per heavy atom. The maximum atomic E-state index is 14.5. The highest BCUT2D eigenvalue weighted by atomic mass is 35.5. The van der Waals surface area contributed by atoms with Gasteiger partial charge in [0.1, 0.15) is 10.8 Å². The summed E-state index contributed by atoms with van der Waals surface area (Å²) in [7, 11) is -2.47. The average Bonchev–Trinajstić information content (AvgIpc) is 3.91. The van der Waals surface area contributed by atoms with E-state index in [-0.39, 0.29) is 10.5 Å². The van der Waals surface area contributed by atoms with Crippen molar-refractivity contribution in [2.24, 2.45) is 0 Å². The summed E-state index contributed by atoms with van der Waals surface area (Å²) in [6.07, 6.45) is 6.83. The van der Waals surface area contributed by atoms with Crippen molar-refractivity contribution in [1.82, 2.24) is 28.6 Å². The molecular formula is C37H37ClN6O6S2. The highest BCUT2D eigenvalue weighted by molar-refractivity contribution is 7.90. The van der Waals surface area contributed by atoms with Crippen LogP contribution in [-0.2, 0) is 43.0 Å². The fraction of sp³-hybridized carbons (Fsp3) is 0.324. The van der Waals surface area contributed by atoms with E-state index in [2.05, 4.69) is 15.0 Å². The number of nitrogens with zero attached hydrogens (tertiary/aromatic N) is 6. The molecule has 0 atom stereocenters. The number of methoxy groups -OCH3 is 1. The molecule has 6 heterocycles. The number of hydrogen-bond donors (Lipinski definition) is 0. The molecule has 15 heteroatoms. The van der Waals surface area contributed by atoms with Gasteiger partial charge in [0, 0.05) is 54.7 Å². The molecule has 0 spiro atoms. The van der Waals surface area contributed by atoms with Crippen LogP contribution in [0.4, 0.5) is 0 Å². The second-order valence-corrected chi connectivity index (χ2v) is 16.2. The van der Waals surface area contributed by atoms with E-state index in [0.29, 0.717) is 66.8 Å². The molecule has 0 bridgehead atoms. The summed E-state index contributed by atoms with van der Waals surface area (Å²) in [5, 5.41) is 6.31. The number of thiazole rings is 1. The first kappa shape index (κ1) is 34.9. The second kappa shape index (κ2) is 14.3. The van der Waals surface area contributed by atoms with Crippen LogP contribution in [0.15, 0.2) is 84.3 Å². The summed E-state index contributed by atoms with van der Waals surface area (Å²) < 4.78 is 55.0. The number of benzene rings is 2. The lowest BCUT2D eigenvalue weighted by Crippen LogP contribution is -2.48. The molecule has 52 heavy (non-hydrogen) atoms. The minimum absolute atomic E-state index is 0.149. The Morgan fingerprint density at radius 2 is 1.73 bits per heavy atom. The van der Waals surface area contributed by atoms with Crippen molar-refractivity contribution in [3.8, 4) is 27.4 Å². The standard InChI is InChI=1S/C37H37ClN6O6S2/c1-25-3-9-29(10-4-25)52(45,46)44-32(27-18-41-43(21-27)12-11-42-13-15-48-16-14-42)17-30-34(31(38)19-39-35(30)44)33-20-40-36(51-33)37(23-49-24-37)50-22-26-5-7-28(47-2)8-6-26/h3-10,17-21H,11-16,22-24H2,1-2H3. The third-order valence-corrected chi connectivity index (χ3v) is 12.7. The molecule has 2 aromatic carbocycles. The van der Waals surface area contributed by atoms with Crippen LogP contribution < -0.4 is 4.74 Å². The van der Waals surface area contributed by atoms with E-state index in [1.54, 1.807) is 43.8 Å². The fourth-order valence-electron chi connectivity index (χ4n) is 6.40. The Balaban J connectivity index is 1.18. The molecule has 6 aromatic rings. The number of halogens is 1. The van der Waals surface area contributed by atoms with Gasteiger partial charge in [0.25, 0.3) is 10.0 Å². The third-order valence-electron chi connectivity index (χ3n) is 9.47. The summed E-state index contributed by atoms with van der Waals surface area (Å²) in [5.41, 5.74) is 3.19. The minimum atomic E-state index is -4.11. The third kappa shape index (κ3) is 6.64. The highest BCUT2D eigenvalue weighted by Crippen LogP contribution is 2.45. The SMILES string of the molecule is COc1ccc(COC2(c3ncc(-c4c(Cl)cnc5c4cc(-c4cnn(CCN6CCOCC6)c4)n5S(=O)(=O)c4ccc(C)cc4)s3)COC2)cc1. The summed E-state index contributed by atoms with van der Waals surface area (Å²) >= 11 is 8.35. The van der Waals surface area contributed by atoms with E-state index < -0.39 is 15.6 Å². The fourth-order valence-corrected chi connectivity index (χ4v) is 9.29. The normalized spacial score (nSPS) is 16.3. The largest absolute Gasteiger partial charge is 0.497 e. The smallest absolute Gasteiger partial charge is 0.269 e. The van der Waals surface area contributed by atoms with E-state index in [1.165, 1.54) is 21.5 Å². The van der Waals surface area contributed by atoms with Crippen LogP contribution in [0, 0.1) is 6.92 Å². The topological polar surface area (TPSA) is 123 Å². The van der Waals surface area contributed by atoms with Gasteiger partial charge in [-0.15, -0.1) is 11.3 Å². The summed E-state index contributed by atoms with van der Waals surface area (Å²) in [4.78, 5) is 12.6. The van der Waals surface area contributed by atoms with Gasteiger partial charge in [-0.3, -0.25) is 9.58 Å². The Morgan fingerprint density at radius 3 is 2.44 bits per heavy atom. The number of ether oxygens (including phenoxy) is 4. The molecule has 2 aliphatic rings. The summed E-state index contributed by atoms with van der Waals surface area (Å²) in [6.45, 7) is 7.63. The molecule has 8 rings (SSSR count). The zero-order valence-electron chi connectivity index (χ0n) is 28.7.